The number of rotatable bonds is 16. The van der Waals surface area contributed by atoms with E-state index in [1.54, 1.807) is 0 Å². The highest BCUT2D eigenvalue weighted by molar-refractivity contribution is 5.48. The van der Waals surface area contributed by atoms with E-state index in [1.165, 1.54) is 112 Å². The van der Waals surface area contributed by atoms with Gasteiger partial charge in [0.25, 0.3) is 0 Å². The summed E-state index contributed by atoms with van der Waals surface area (Å²) in [6.45, 7) is 10.0. The Kier molecular flexibility index (Phi) is 11.9. The molecule has 0 bridgehead atoms. The summed E-state index contributed by atoms with van der Waals surface area (Å²) in [5.41, 5.74) is 5.38. The Morgan fingerprint density at radius 2 is 1.13 bits per heavy atom. The second-order valence-electron chi connectivity index (χ2n) is 9.40. The molecule has 0 atom stereocenters. The molecule has 30 heavy (non-hydrogen) atoms. The van der Waals surface area contributed by atoms with Crippen LogP contribution in [0.5, 0.6) is 0 Å². The van der Waals surface area contributed by atoms with Crippen molar-refractivity contribution >= 4 is 0 Å². The molecule has 168 valence electrons. The molecule has 0 aliphatic heterocycles. The van der Waals surface area contributed by atoms with Gasteiger partial charge >= 0.3 is 0 Å². The first kappa shape index (κ1) is 24.7. The SMILES string of the molecule is CCCCCCCCCCCCCCCC[n+]1ccn(-c2c(C)cc(C)cc2C)c1. The summed E-state index contributed by atoms with van der Waals surface area (Å²) >= 11 is 0. The van der Waals surface area contributed by atoms with Crippen LogP contribution in [0.4, 0.5) is 0 Å². The molecule has 0 saturated heterocycles. The lowest BCUT2D eigenvalue weighted by atomic mass is 10.0. The Bertz CT molecular complexity index is 690. The number of aryl methyl sites for hydroxylation is 4. The Labute approximate surface area is 186 Å². The highest BCUT2D eigenvalue weighted by atomic mass is 15.1. The summed E-state index contributed by atoms with van der Waals surface area (Å²) in [5.74, 6) is 0. The van der Waals surface area contributed by atoms with Crippen LogP contribution in [-0.2, 0) is 6.54 Å². The minimum absolute atomic E-state index is 1.13. The van der Waals surface area contributed by atoms with Crippen LogP contribution >= 0.6 is 0 Å². The number of unbranched alkanes of at least 4 members (excludes halogenated alkanes) is 13. The van der Waals surface area contributed by atoms with E-state index >= 15 is 0 Å². The summed E-state index contributed by atoms with van der Waals surface area (Å²) < 4.78 is 4.63. The molecule has 2 nitrogen and oxygen atoms in total. The largest absolute Gasteiger partial charge is 0.248 e. The zero-order valence-electron chi connectivity index (χ0n) is 20.4. The zero-order chi connectivity index (χ0) is 21.6. The van der Waals surface area contributed by atoms with Gasteiger partial charge in [-0.25, -0.2) is 9.13 Å². The van der Waals surface area contributed by atoms with E-state index in [0.717, 1.165) is 6.54 Å². The van der Waals surface area contributed by atoms with Crippen molar-refractivity contribution < 1.29 is 4.57 Å². The van der Waals surface area contributed by atoms with Gasteiger partial charge in [-0.15, -0.1) is 0 Å². The lowest BCUT2D eigenvalue weighted by Crippen LogP contribution is -2.30. The summed E-state index contributed by atoms with van der Waals surface area (Å²) in [5, 5.41) is 0. The quantitative estimate of drug-likeness (QED) is 0.194. The Morgan fingerprint density at radius 3 is 1.63 bits per heavy atom. The van der Waals surface area contributed by atoms with E-state index in [0.29, 0.717) is 0 Å². The van der Waals surface area contributed by atoms with E-state index < -0.39 is 0 Å². The Balaban J connectivity index is 1.51. The first-order valence-corrected chi connectivity index (χ1v) is 12.8. The highest BCUT2D eigenvalue weighted by Crippen LogP contribution is 2.20. The lowest BCUT2D eigenvalue weighted by Gasteiger charge is -2.07. The molecule has 1 heterocycles. The number of hydrogen-bond donors (Lipinski definition) is 0. The topological polar surface area (TPSA) is 8.81 Å². The standard InChI is InChI=1S/C28H47N2/c1-5-6-7-8-9-10-11-12-13-14-15-16-17-18-19-29-20-21-30(24-29)28-26(3)22-25(2)23-27(28)4/h20-24H,5-19H2,1-4H3/q+1. The Hall–Kier alpha value is -1.57. The van der Waals surface area contributed by atoms with Crippen molar-refractivity contribution in [1.29, 1.82) is 0 Å². The van der Waals surface area contributed by atoms with Crippen molar-refractivity contribution in [2.24, 2.45) is 0 Å². The summed E-state index contributed by atoms with van der Waals surface area (Å²) in [6.07, 6.45) is 26.6. The van der Waals surface area contributed by atoms with E-state index in [4.69, 9.17) is 0 Å². The maximum absolute atomic E-state index is 2.35. The van der Waals surface area contributed by atoms with Gasteiger partial charge in [-0.1, -0.05) is 102 Å². The van der Waals surface area contributed by atoms with E-state index in [-0.39, 0.29) is 0 Å². The summed E-state index contributed by atoms with van der Waals surface area (Å²) in [4.78, 5) is 0. The summed E-state index contributed by atoms with van der Waals surface area (Å²) in [6, 6.07) is 4.56. The number of hydrogen-bond acceptors (Lipinski definition) is 0. The molecule has 1 aromatic heterocycles. The van der Waals surface area contributed by atoms with Crippen LogP contribution in [0.25, 0.3) is 5.69 Å². The second-order valence-corrected chi connectivity index (χ2v) is 9.40. The van der Waals surface area contributed by atoms with Crippen LogP contribution in [-0.4, -0.2) is 4.57 Å². The van der Waals surface area contributed by atoms with Gasteiger partial charge < -0.3 is 0 Å². The van der Waals surface area contributed by atoms with Gasteiger partial charge in [0.15, 0.2) is 0 Å². The van der Waals surface area contributed by atoms with E-state index in [9.17, 15) is 0 Å². The van der Waals surface area contributed by atoms with E-state index in [1.807, 2.05) is 0 Å². The van der Waals surface area contributed by atoms with Crippen molar-refractivity contribution in [3.05, 3.63) is 47.5 Å². The average Bonchev–Trinajstić information content (AvgIpc) is 3.16. The molecule has 0 spiro atoms. The van der Waals surface area contributed by atoms with Gasteiger partial charge in [0.1, 0.15) is 18.1 Å². The van der Waals surface area contributed by atoms with Gasteiger partial charge in [-0.05, 0) is 44.7 Å². The van der Waals surface area contributed by atoms with Crippen molar-refractivity contribution in [1.82, 2.24) is 4.57 Å². The van der Waals surface area contributed by atoms with Crippen LogP contribution < -0.4 is 4.57 Å². The molecule has 0 radical (unpaired) electrons. The van der Waals surface area contributed by atoms with Crippen LogP contribution in [0, 0.1) is 20.8 Å². The second kappa shape index (κ2) is 14.4. The number of aromatic nitrogens is 2. The molecule has 2 aromatic rings. The highest BCUT2D eigenvalue weighted by Gasteiger charge is 2.12. The van der Waals surface area contributed by atoms with Crippen molar-refractivity contribution in [3.8, 4) is 5.69 Å². The normalized spacial score (nSPS) is 11.3. The maximum atomic E-state index is 2.35. The monoisotopic (exact) mass is 411 g/mol. The van der Waals surface area contributed by atoms with E-state index in [2.05, 4.69) is 67.7 Å². The van der Waals surface area contributed by atoms with Crippen molar-refractivity contribution in [2.75, 3.05) is 0 Å². The fourth-order valence-corrected chi connectivity index (χ4v) is 4.73. The predicted molar refractivity (Wildman–Crippen MR) is 130 cm³/mol. The third-order valence-electron chi connectivity index (χ3n) is 6.35. The minimum Gasteiger partial charge on any atom is -0.236 e. The average molecular weight is 412 g/mol. The van der Waals surface area contributed by atoms with Crippen LogP contribution in [0.2, 0.25) is 0 Å². The molecule has 2 rings (SSSR count). The molecule has 0 aliphatic rings. The first-order valence-electron chi connectivity index (χ1n) is 12.8. The Morgan fingerprint density at radius 1 is 0.667 bits per heavy atom. The summed E-state index contributed by atoms with van der Waals surface area (Å²) in [7, 11) is 0. The van der Waals surface area contributed by atoms with Gasteiger partial charge in [0, 0.05) is 0 Å². The molecule has 0 unspecified atom stereocenters. The van der Waals surface area contributed by atoms with Crippen LogP contribution in [0.15, 0.2) is 30.9 Å². The molecule has 0 N–H and O–H groups in total. The minimum atomic E-state index is 1.13. The number of nitrogens with zero attached hydrogens (tertiary/aromatic N) is 2. The number of benzene rings is 1. The molecule has 1 aromatic carbocycles. The fourth-order valence-electron chi connectivity index (χ4n) is 4.73. The van der Waals surface area contributed by atoms with Crippen LogP contribution in [0.3, 0.4) is 0 Å². The maximum Gasteiger partial charge on any atom is 0.248 e. The lowest BCUT2D eigenvalue weighted by molar-refractivity contribution is -0.696. The molecule has 0 saturated carbocycles. The molecule has 0 aliphatic carbocycles. The number of imidazole rings is 1. The fraction of sp³-hybridized carbons (Fsp3) is 0.679. The molecule has 2 heteroatoms. The molecule has 0 fully saturated rings. The van der Waals surface area contributed by atoms with Gasteiger partial charge in [0.2, 0.25) is 6.33 Å². The molecule has 0 amide bonds. The molecular formula is C28H47N2+. The van der Waals surface area contributed by atoms with Crippen molar-refractivity contribution in [3.63, 3.8) is 0 Å². The van der Waals surface area contributed by atoms with Crippen molar-refractivity contribution in [2.45, 2.75) is 124 Å². The predicted octanol–water partition coefficient (Wildman–Crippen LogP) is 8.17. The van der Waals surface area contributed by atoms with Gasteiger partial charge in [0.05, 0.1) is 6.54 Å². The molecular weight excluding hydrogens is 364 g/mol. The third-order valence-corrected chi connectivity index (χ3v) is 6.35. The van der Waals surface area contributed by atoms with Crippen LogP contribution in [0.1, 0.15) is 114 Å². The smallest absolute Gasteiger partial charge is 0.236 e. The van der Waals surface area contributed by atoms with Gasteiger partial charge in [-0.2, -0.15) is 0 Å². The van der Waals surface area contributed by atoms with Gasteiger partial charge in [-0.3, -0.25) is 0 Å². The third kappa shape index (κ3) is 9.06. The zero-order valence-corrected chi connectivity index (χ0v) is 20.4. The first-order chi connectivity index (χ1) is 14.6.